The predicted molar refractivity (Wildman–Crippen MR) is 45.7 cm³/mol. The summed E-state index contributed by atoms with van der Waals surface area (Å²) >= 11 is 0. The lowest BCUT2D eigenvalue weighted by Crippen LogP contribution is -2.20. The van der Waals surface area contributed by atoms with Gasteiger partial charge in [0.15, 0.2) is 5.79 Å². The summed E-state index contributed by atoms with van der Waals surface area (Å²) in [5.74, 6) is -0.496. The Morgan fingerprint density at radius 3 is 2.50 bits per heavy atom. The van der Waals surface area contributed by atoms with Gasteiger partial charge < -0.3 is 14.6 Å². The highest BCUT2D eigenvalue weighted by molar-refractivity contribution is 4.96. The smallest absolute Gasteiger partial charge is 0.164 e. The number of hydrogen-bond acceptors (Lipinski definition) is 3. The second-order valence-corrected chi connectivity index (χ2v) is 3.42. The van der Waals surface area contributed by atoms with Gasteiger partial charge in [0.05, 0.1) is 12.7 Å². The third kappa shape index (κ3) is 2.30. The van der Waals surface area contributed by atoms with Crippen LogP contribution in [-0.4, -0.2) is 29.7 Å². The average molecular weight is 172 g/mol. The van der Waals surface area contributed by atoms with E-state index in [4.69, 9.17) is 14.6 Å². The van der Waals surface area contributed by atoms with Gasteiger partial charge in [0.25, 0.3) is 0 Å². The number of aliphatic hydroxyl groups is 1. The molecule has 1 N–H and O–H groups in total. The molecule has 0 bridgehead atoms. The minimum atomic E-state index is -0.496. The maximum atomic E-state index is 8.56. The monoisotopic (exact) mass is 172 g/mol. The summed E-state index contributed by atoms with van der Waals surface area (Å²) in [6.45, 7) is 5.78. The van der Waals surface area contributed by atoms with Gasteiger partial charge in [-0.25, -0.2) is 0 Å². The van der Waals surface area contributed by atoms with Crippen LogP contribution < -0.4 is 0 Å². The quantitative estimate of drug-likeness (QED) is 0.633. The maximum Gasteiger partial charge on any atom is 0.164 e. The molecule has 1 aliphatic heterocycles. The number of rotatable bonds is 2. The van der Waals surface area contributed by atoms with E-state index in [9.17, 15) is 0 Å². The van der Waals surface area contributed by atoms with Crippen molar-refractivity contribution in [3.63, 3.8) is 0 Å². The molecule has 1 saturated heterocycles. The average Bonchev–Trinajstić information content (AvgIpc) is 2.20. The maximum absolute atomic E-state index is 8.56. The zero-order valence-corrected chi connectivity index (χ0v) is 7.78. The Hall–Kier alpha value is -0.380. The van der Waals surface area contributed by atoms with Crippen LogP contribution in [0.2, 0.25) is 0 Å². The van der Waals surface area contributed by atoms with E-state index in [-0.39, 0.29) is 18.8 Å². The third-order valence-electron chi connectivity index (χ3n) is 1.78. The number of aliphatic hydroxyl groups excluding tert-OH is 1. The normalized spacial score (nSPS) is 34.7. The standard InChI is InChI=1S/C9H16O3/c1-7-8(5-4-6-10)12-9(2,3)11-7/h4-5,7-8,10H,6H2,1-3H3/b5-4+. The minimum Gasteiger partial charge on any atom is -0.392 e. The van der Waals surface area contributed by atoms with E-state index < -0.39 is 5.79 Å². The summed E-state index contributed by atoms with van der Waals surface area (Å²) in [7, 11) is 0. The van der Waals surface area contributed by atoms with Crippen molar-refractivity contribution in [3.05, 3.63) is 12.2 Å². The summed E-state index contributed by atoms with van der Waals surface area (Å²) in [4.78, 5) is 0. The molecule has 0 radical (unpaired) electrons. The molecule has 0 saturated carbocycles. The van der Waals surface area contributed by atoms with Crippen molar-refractivity contribution in [2.45, 2.75) is 38.8 Å². The van der Waals surface area contributed by atoms with Crippen molar-refractivity contribution in [1.29, 1.82) is 0 Å². The molecule has 2 unspecified atom stereocenters. The van der Waals surface area contributed by atoms with E-state index in [0.29, 0.717) is 0 Å². The molecule has 3 heteroatoms. The number of hydrogen-bond donors (Lipinski definition) is 1. The minimum absolute atomic E-state index is 0.0350. The van der Waals surface area contributed by atoms with Gasteiger partial charge in [0.2, 0.25) is 0 Å². The van der Waals surface area contributed by atoms with Gasteiger partial charge in [-0.05, 0) is 20.8 Å². The largest absolute Gasteiger partial charge is 0.392 e. The zero-order valence-electron chi connectivity index (χ0n) is 7.78. The van der Waals surface area contributed by atoms with Crippen molar-refractivity contribution in [2.75, 3.05) is 6.61 Å². The van der Waals surface area contributed by atoms with Gasteiger partial charge in [0.1, 0.15) is 6.10 Å². The second kappa shape index (κ2) is 3.56. The van der Waals surface area contributed by atoms with Crippen LogP contribution in [0.15, 0.2) is 12.2 Å². The molecule has 0 aromatic heterocycles. The van der Waals surface area contributed by atoms with Gasteiger partial charge in [-0.3, -0.25) is 0 Å². The molecule has 0 spiro atoms. The Morgan fingerprint density at radius 1 is 1.42 bits per heavy atom. The molecule has 2 atom stereocenters. The predicted octanol–water partition coefficient (Wildman–Crippen LogP) is 1.07. The van der Waals surface area contributed by atoms with Crippen LogP contribution in [0.25, 0.3) is 0 Å². The van der Waals surface area contributed by atoms with Gasteiger partial charge in [-0.15, -0.1) is 0 Å². The number of ether oxygens (including phenoxy) is 2. The van der Waals surface area contributed by atoms with Crippen molar-refractivity contribution in [3.8, 4) is 0 Å². The van der Waals surface area contributed by atoms with Gasteiger partial charge in [-0.2, -0.15) is 0 Å². The summed E-state index contributed by atoms with van der Waals surface area (Å²) < 4.78 is 11.0. The van der Waals surface area contributed by atoms with Crippen molar-refractivity contribution in [2.24, 2.45) is 0 Å². The SMILES string of the molecule is CC1OC(C)(C)OC1/C=C/CO. The molecule has 1 heterocycles. The van der Waals surface area contributed by atoms with E-state index in [0.717, 1.165) is 0 Å². The molecule has 1 rings (SSSR count). The molecule has 0 amide bonds. The lowest BCUT2D eigenvalue weighted by molar-refractivity contribution is -0.141. The summed E-state index contributed by atoms with van der Waals surface area (Å²) in [6, 6.07) is 0. The van der Waals surface area contributed by atoms with Crippen LogP contribution >= 0.6 is 0 Å². The van der Waals surface area contributed by atoms with E-state index in [1.807, 2.05) is 26.8 Å². The fraction of sp³-hybridized carbons (Fsp3) is 0.778. The molecule has 12 heavy (non-hydrogen) atoms. The first-order chi connectivity index (χ1) is 5.55. The zero-order chi connectivity index (χ0) is 9.19. The molecule has 3 nitrogen and oxygen atoms in total. The molecular formula is C9H16O3. The summed E-state index contributed by atoms with van der Waals surface area (Å²) in [6.07, 6.45) is 3.53. The van der Waals surface area contributed by atoms with Crippen LogP contribution in [0.1, 0.15) is 20.8 Å². The third-order valence-corrected chi connectivity index (χ3v) is 1.78. The lowest BCUT2D eigenvalue weighted by atomic mass is 10.2. The first kappa shape index (κ1) is 9.71. The van der Waals surface area contributed by atoms with Crippen LogP contribution in [0.3, 0.4) is 0 Å². The van der Waals surface area contributed by atoms with Crippen LogP contribution in [0.4, 0.5) is 0 Å². The topological polar surface area (TPSA) is 38.7 Å². The fourth-order valence-corrected chi connectivity index (χ4v) is 1.36. The Kier molecular flexibility index (Phi) is 2.88. The first-order valence-corrected chi connectivity index (χ1v) is 4.18. The molecule has 0 aromatic rings. The highest BCUT2D eigenvalue weighted by atomic mass is 16.7. The highest BCUT2D eigenvalue weighted by Crippen LogP contribution is 2.28. The van der Waals surface area contributed by atoms with E-state index in [2.05, 4.69) is 0 Å². The Labute approximate surface area is 73.0 Å². The summed E-state index contributed by atoms with van der Waals surface area (Å²) in [5, 5.41) is 8.56. The molecule has 1 fully saturated rings. The summed E-state index contributed by atoms with van der Waals surface area (Å²) in [5.41, 5.74) is 0. The Morgan fingerprint density at radius 2 is 2.08 bits per heavy atom. The van der Waals surface area contributed by atoms with Crippen molar-refractivity contribution >= 4 is 0 Å². The van der Waals surface area contributed by atoms with E-state index in [1.165, 1.54) is 0 Å². The highest BCUT2D eigenvalue weighted by Gasteiger charge is 2.36. The van der Waals surface area contributed by atoms with Crippen LogP contribution in [0.5, 0.6) is 0 Å². The van der Waals surface area contributed by atoms with E-state index in [1.54, 1.807) is 6.08 Å². The van der Waals surface area contributed by atoms with Crippen molar-refractivity contribution in [1.82, 2.24) is 0 Å². The lowest BCUT2D eigenvalue weighted by Gasteiger charge is -2.15. The van der Waals surface area contributed by atoms with E-state index >= 15 is 0 Å². The second-order valence-electron chi connectivity index (χ2n) is 3.42. The fourth-order valence-electron chi connectivity index (χ4n) is 1.36. The van der Waals surface area contributed by atoms with Gasteiger partial charge in [-0.1, -0.05) is 12.2 Å². The molecule has 0 aromatic carbocycles. The van der Waals surface area contributed by atoms with Crippen LogP contribution in [-0.2, 0) is 9.47 Å². The first-order valence-electron chi connectivity index (χ1n) is 4.18. The Balaban J connectivity index is 2.52. The van der Waals surface area contributed by atoms with Gasteiger partial charge in [0, 0.05) is 0 Å². The molecule has 70 valence electrons. The molecule has 0 aliphatic carbocycles. The molecule has 1 aliphatic rings. The van der Waals surface area contributed by atoms with Crippen molar-refractivity contribution < 1.29 is 14.6 Å². The Bertz CT molecular complexity index is 175. The van der Waals surface area contributed by atoms with Crippen LogP contribution in [0, 0.1) is 0 Å². The molecular weight excluding hydrogens is 156 g/mol. The van der Waals surface area contributed by atoms with Gasteiger partial charge >= 0.3 is 0 Å².